The first-order valence-electron chi connectivity index (χ1n) is 7.14. The van der Waals surface area contributed by atoms with Crippen molar-refractivity contribution in [3.8, 4) is 10.6 Å². The van der Waals surface area contributed by atoms with E-state index in [1.165, 1.54) is 16.2 Å². The van der Waals surface area contributed by atoms with E-state index in [1.54, 1.807) is 47.8 Å². The molecule has 2 aromatic carbocycles. The Morgan fingerprint density at radius 3 is 1.88 bits per heavy atom. The van der Waals surface area contributed by atoms with E-state index in [4.69, 9.17) is 10.8 Å². The quantitative estimate of drug-likeness (QED) is 0.627. The van der Waals surface area contributed by atoms with Gasteiger partial charge in [0.05, 0.1) is 5.56 Å². The van der Waals surface area contributed by atoms with E-state index in [1.807, 2.05) is 18.4 Å². The number of nitrogens with two attached hydrogens (primary N) is 1. The van der Waals surface area contributed by atoms with Gasteiger partial charge in [0.1, 0.15) is 5.01 Å². The molecule has 0 bridgehead atoms. The topological polar surface area (TPSA) is 89.1 Å². The molecule has 0 amide bonds. The molecular weight excluding hydrogens is 374 g/mol. The van der Waals surface area contributed by atoms with Crippen LogP contribution in [0.5, 0.6) is 0 Å². The van der Waals surface area contributed by atoms with Gasteiger partial charge in [-0.1, -0.05) is 23.5 Å². The molecule has 0 radical (unpaired) electrons. The molecule has 130 valence electrons. The third kappa shape index (κ3) is 5.77. The predicted octanol–water partition coefficient (Wildman–Crippen LogP) is 4.62. The predicted molar refractivity (Wildman–Crippen MR) is 107 cm³/mol. The number of carboxylic acids is 1. The minimum atomic E-state index is -0.877. The van der Waals surface area contributed by atoms with Gasteiger partial charge in [0.15, 0.2) is 0 Å². The highest BCUT2D eigenvalue weighted by Gasteiger charge is 2.03. The molecule has 3 N–H and O–H groups in total. The summed E-state index contributed by atoms with van der Waals surface area (Å²) in [4.78, 5) is 12.7. The largest absolute Gasteiger partial charge is 0.478 e. The zero-order chi connectivity index (χ0) is 18.2. The lowest BCUT2D eigenvalue weighted by atomic mass is 10.2. The monoisotopic (exact) mass is 391 g/mol. The second-order valence-electron chi connectivity index (χ2n) is 4.71. The summed E-state index contributed by atoms with van der Waals surface area (Å²) in [5, 5.41) is 17.7. The fourth-order valence-electron chi connectivity index (χ4n) is 1.82. The normalized spacial score (nSPS) is 10.0. The van der Waals surface area contributed by atoms with Crippen molar-refractivity contribution < 1.29 is 9.90 Å². The number of benzene rings is 2. The molecule has 8 heteroatoms. The minimum absolute atomic E-state index is 0.336. The number of carboxylic acid groups (broad SMARTS) is 1. The second kappa shape index (κ2) is 9.45. The molecule has 5 nitrogen and oxygen atoms in total. The summed E-state index contributed by atoms with van der Waals surface area (Å²) in [6.07, 6.45) is 4.01. The number of aromatic nitrogens is 2. The lowest BCUT2D eigenvalue weighted by molar-refractivity contribution is 0.0697. The Morgan fingerprint density at radius 1 is 0.960 bits per heavy atom. The molecule has 0 aliphatic carbocycles. The Balaban J connectivity index is 0.000000186. The number of carbonyl (C=O) groups is 1. The summed E-state index contributed by atoms with van der Waals surface area (Å²) in [5.74, 6) is -0.877. The van der Waals surface area contributed by atoms with Crippen LogP contribution in [0, 0.1) is 0 Å². The van der Waals surface area contributed by atoms with Crippen LogP contribution in [0.25, 0.3) is 10.6 Å². The van der Waals surface area contributed by atoms with Gasteiger partial charge in [-0.25, -0.2) is 4.79 Å². The lowest BCUT2D eigenvalue weighted by Crippen LogP contribution is -1.94. The first-order chi connectivity index (χ1) is 12.0. The van der Waals surface area contributed by atoms with Crippen molar-refractivity contribution in [3.05, 3.63) is 54.1 Å². The minimum Gasteiger partial charge on any atom is -0.478 e. The van der Waals surface area contributed by atoms with Gasteiger partial charge in [-0.2, -0.15) is 0 Å². The van der Waals surface area contributed by atoms with Crippen molar-refractivity contribution in [3.63, 3.8) is 0 Å². The fourth-order valence-corrected chi connectivity index (χ4v) is 3.25. The molecule has 25 heavy (non-hydrogen) atoms. The number of thioether (sulfide) groups is 2. The van der Waals surface area contributed by atoms with E-state index in [2.05, 4.69) is 28.6 Å². The highest BCUT2D eigenvalue weighted by atomic mass is 32.2. The van der Waals surface area contributed by atoms with Crippen molar-refractivity contribution in [1.29, 1.82) is 0 Å². The number of hydrogen-bond donors (Lipinski definition) is 2. The zero-order valence-corrected chi connectivity index (χ0v) is 16.1. The molecule has 0 aliphatic rings. The molecule has 1 heterocycles. The van der Waals surface area contributed by atoms with Crippen LogP contribution in [0.15, 0.2) is 58.3 Å². The smallest absolute Gasteiger partial charge is 0.335 e. The molecular formula is C17H17N3O2S3. The van der Waals surface area contributed by atoms with Gasteiger partial charge in [0, 0.05) is 15.4 Å². The Kier molecular flexibility index (Phi) is 7.30. The SMILES string of the molecule is CSc1ccc(-c2nnc(N)s2)cc1.CSc1ccc(C(=O)O)cc1. The summed E-state index contributed by atoms with van der Waals surface area (Å²) < 4.78 is 0. The highest BCUT2D eigenvalue weighted by Crippen LogP contribution is 2.26. The average Bonchev–Trinajstić information content (AvgIpc) is 3.09. The maximum Gasteiger partial charge on any atom is 0.335 e. The first kappa shape index (κ1) is 19.3. The van der Waals surface area contributed by atoms with Gasteiger partial charge in [-0.3, -0.25) is 0 Å². The van der Waals surface area contributed by atoms with E-state index in [0.29, 0.717) is 10.7 Å². The number of hydrogen-bond acceptors (Lipinski definition) is 7. The van der Waals surface area contributed by atoms with Gasteiger partial charge in [-0.15, -0.1) is 33.7 Å². The Hall–Kier alpha value is -2.03. The molecule has 3 rings (SSSR count). The van der Waals surface area contributed by atoms with E-state index in [-0.39, 0.29) is 0 Å². The van der Waals surface area contributed by atoms with Gasteiger partial charge >= 0.3 is 5.97 Å². The van der Waals surface area contributed by atoms with Gasteiger partial charge in [-0.05, 0) is 48.9 Å². The highest BCUT2D eigenvalue weighted by molar-refractivity contribution is 7.98. The van der Waals surface area contributed by atoms with Crippen LogP contribution >= 0.6 is 34.9 Å². The Morgan fingerprint density at radius 2 is 1.48 bits per heavy atom. The van der Waals surface area contributed by atoms with Crippen LogP contribution in [0.3, 0.4) is 0 Å². The molecule has 0 aliphatic heterocycles. The van der Waals surface area contributed by atoms with Gasteiger partial charge < -0.3 is 10.8 Å². The summed E-state index contributed by atoms with van der Waals surface area (Å²) in [6, 6.07) is 15.0. The number of anilines is 1. The molecule has 0 saturated heterocycles. The van der Waals surface area contributed by atoms with Gasteiger partial charge in [0.2, 0.25) is 5.13 Å². The van der Waals surface area contributed by atoms with E-state index in [9.17, 15) is 4.79 Å². The summed E-state index contributed by atoms with van der Waals surface area (Å²) in [5.41, 5.74) is 6.92. The molecule has 0 atom stereocenters. The number of nitrogen functional groups attached to an aromatic ring is 1. The maximum absolute atomic E-state index is 10.4. The van der Waals surface area contributed by atoms with Crippen molar-refractivity contribution in [2.75, 3.05) is 18.2 Å². The average molecular weight is 392 g/mol. The lowest BCUT2D eigenvalue weighted by Gasteiger charge is -1.97. The molecule has 0 spiro atoms. The third-order valence-electron chi connectivity index (χ3n) is 3.11. The number of rotatable bonds is 4. The van der Waals surface area contributed by atoms with E-state index in [0.717, 1.165) is 15.5 Å². The van der Waals surface area contributed by atoms with E-state index < -0.39 is 5.97 Å². The van der Waals surface area contributed by atoms with Crippen LogP contribution in [0.4, 0.5) is 5.13 Å². The van der Waals surface area contributed by atoms with Gasteiger partial charge in [0.25, 0.3) is 0 Å². The molecule has 0 unspecified atom stereocenters. The molecule has 3 aromatic rings. The summed E-state index contributed by atoms with van der Waals surface area (Å²) in [7, 11) is 0. The van der Waals surface area contributed by atoms with Crippen LogP contribution in [-0.4, -0.2) is 33.8 Å². The standard InChI is InChI=1S/C9H9N3S2.C8H8O2S/c1-13-7-4-2-6(3-5-7)8-11-12-9(10)14-8;1-11-7-4-2-6(3-5-7)8(9)10/h2-5H,1H3,(H2,10,12);2-5H,1H3,(H,9,10). The second-order valence-corrected chi connectivity index (χ2v) is 7.48. The maximum atomic E-state index is 10.4. The van der Waals surface area contributed by atoms with Crippen LogP contribution in [0.2, 0.25) is 0 Å². The summed E-state index contributed by atoms with van der Waals surface area (Å²) >= 11 is 4.72. The Labute approximate surface area is 158 Å². The van der Waals surface area contributed by atoms with Crippen molar-refractivity contribution in [2.24, 2.45) is 0 Å². The number of nitrogens with zero attached hydrogens (tertiary/aromatic N) is 2. The third-order valence-corrected chi connectivity index (χ3v) is 5.40. The van der Waals surface area contributed by atoms with Crippen molar-refractivity contribution in [1.82, 2.24) is 10.2 Å². The van der Waals surface area contributed by atoms with E-state index >= 15 is 0 Å². The van der Waals surface area contributed by atoms with Crippen molar-refractivity contribution >= 4 is 46.0 Å². The van der Waals surface area contributed by atoms with Crippen LogP contribution in [0.1, 0.15) is 10.4 Å². The molecule has 1 aromatic heterocycles. The fraction of sp³-hybridized carbons (Fsp3) is 0.118. The van der Waals surface area contributed by atoms with Crippen LogP contribution < -0.4 is 5.73 Å². The van der Waals surface area contributed by atoms with Crippen molar-refractivity contribution in [2.45, 2.75) is 9.79 Å². The van der Waals surface area contributed by atoms with Crippen LogP contribution in [-0.2, 0) is 0 Å². The Bertz CT molecular complexity index is 818. The first-order valence-corrected chi connectivity index (χ1v) is 10.4. The molecule has 0 saturated carbocycles. The zero-order valence-electron chi connectivity index (χ0n) is 13.7. The molecule has 0 fully saturated rings. The number of aromatic carboxylic acids is 1. The summed E-state index contributed by atoms with van der Waals surface area (Å²) in [6.45, 7) is 0.